The number of pyridine rings is 1. The summed E-state index contributed by atoms with van der Waals surface area (Å²) in [4.78, 5) is 26.8. The molecule has 0 fully saturated rings. The maximum atomic E-state index is 11.6. The van der Waals surface area contributed by atoms with E-state index in [0.717, 1.165) is 24.8 Å². The summed E-state index contributed by atoms with van der Waals surface area (Å²) in [6.45, 7) is 3.09. The zero-order valence-electron chi connectivity index (χ0n) is 12.6. The molecule has 6 heteroatoms. The second kappa shape index (κ2) is 9.88. The van der Waals surface area contributed by atoms with Gasteiger partial charge in [0, 0.05) is 19.3 Å². The van der Waals surface area contributed by atoms with Crippen LogP contribution in [0.1, 0.15) is 42.2 Å². The Morgan fingerprint density at radius 3 is 2.86 bits per heavy atom. The Balaban J connectivity index is 2.31. The number of ether oxygens (including phenoxy) is 2. The van der Waals surface area contributed by atoms with Crippen LogP contribution in [0, 0.1) is 0 Å². The minimum absolute atomic E-state index is 0.0542. The molecule has 0 saturated carbocycles. The van der Waals surface area contributed by atoms with Gasteiger partial charge in [-0.1, -0.05) is 19.8 Å². The fourth-order valence-electron chi connectivity index (χ4n) is 1.67. The van der Waals surface area contributed by atoms with E-state index in [-0.39, 0.29) is 18.2 Å². The molecule has 1 aromatic rings. The number of methoxy groups -OCH3 is 1. The van der Waals surface area contributed by atoms with Gasteiger partial charge in [-0.05, 0) is 24.1 Å². The van der Waals surface area contributed by atoms with Crippen molar-refractivity contribution in [3.8, 4) is 0 Å². The lowest BCUT2D eigenvalue weighted by atomic mass is 10.2. The van der Waals surface area contributed by atoms with Crippen LogP contribution in [-0.4, -0.2) is 37.2 Å². The number of unbranched alkanes of at least 4 members (excludes halogenated alkanes) is 2. The molecule has 0 spiro atoms. The number of amides is 1. The third-order valence-corrected chi connectivity index (χ3v) is 2.83. The van der Waals surface area contributed by atoms with E-state index in [1.165, 1.54) is 13.3 Å². The van der Waals surface area contributed by atoms with Crippen molar-refractivity contribution in [2.24, 2.45) is 0 Å². The van der Waals surface area contributed by atoms with Crippen LogP contribution in [0.4, 0.5) is 0 Å². The van der Waals surface area contributed by atoms with Crippen LogP contribution in [0.2, 0.25) is 0 Å². The number of nitrogens with one attached hydrogen (secondary N) is 1. The monoisotopic (exact) mass is 294 g/mol. The van der Waals surface area contributed by atoms with Gasteiger partial charge in [0.25, 0.3) is 0 Å². The van der Waals surface area contributed by atoms with E-state index in [2.05, 4.69) is 22.0 Å². The van der Waals surface area contributed by atoms with Crippen LogP contribution >= 0.6 is 0 Å². The average Bonchev–Trinajstić information content (AvgIpc) is 2.52. The zero-order chi connectivity index (χ0) is 15.5. The van der Waals surface area contributed by atoms with Gasteiger partial charge in [-0.25, -0.2) is 9.78 Å². The van der Waals surface area contributed by atoms with Crippen LogP contribution in [0.5, 0.6) is 0 Å². The molecule has 0 aromatic carbocycles. The first-order chi connectivity index (χ1) is 10.2. The molecular formula is C15H22N2O4. The topological polar surface area (TPSA) is 77.5 Å². The Labute approximate surface area is 124 Å². The summed E-state index contributed by atoms with van der Waals surface area (Å²) >= 11 is 0. The standard InChI is InChI=1S/C15H22N2O4/c1-3-4-5-8-21-11-14(18)17-10-12-6-7-16-13(9-12)15(19)20-2/h6-7,9H,3-5,8,10-11H2,1-2H3,(H,17,18). The molecule has 0 unspecified atom stereocenters. The van der Waals surface area contributed by atoms with Crippen molar-refractivity contribution in [1.82, 2.24) is 10.3 Å². The molecule has 0 aliphatic rings. The molecule has 6 nitrogen and oxygen atoms in total. The van der Waals surface area contributed by atoms with E-state index in [0.29, 0.717) is 13.2 Å². The smallest absolute Gasteiger partial charge is 0.356 e. The van der Waals surface area contributed by atoms with Crippen molar-refractivity contribution in [2.45, 2.75) is 32.7 Å². The highest BCUT2D eigenvalue weighted by molar-refractivity contribution is 5.87. The number of hydrogen-bond donors (Lipinski definition) is 1. The van der Waals surface area contributed by atoms with E-state index in [4.69, 9.17) is 4.74 Å². The minimum Gasteiger partial charge on any atom is -0.464 e. The van der Waals surface area contributed by atoms with Crippen LogP contribution in [0.25, 0.3) is 0 Å². The Morgan fingerprint density at radius 2 is 2.14 bits per heavy atom. The Morgan fingerprint density at radius 1 is 1.33 bits per heavy atom. The van der Waals surface area contributed by atoms with Crippen LogP contribution < -0.4 is 5.32 Å². The quantitative estimate of drug-likeness (QED) is 0.554. The summed E-state index contributed by atoms with van der Waals surface area (Å²) in [5.74, 6) is -0.676. The van der Waals surface area contributed by atoms with Gasteiger partial charge in [-0.3, -0.25) is 4.79 Å². The van der Waals surface area contributed by atoms with Crippen molar-refractivity contribution in [2.75, 3.05) is 20.3 Å². The normalized spacial score (nSPS) is 10.2. The third-order valence-electron chi connectivity index (χ3n) is 2.83. The van der Waals surface area contributed by atoms with E-state index >= 15 is 0 Å². The first-order valence-electron chi connectivity index (χ1n) is 7.05. The van der Waals surface area contributed by atoms with E-state index in [1.807, 2.05) is 0 Å². The number of aromatic nitrogens is 1. The van der Waals surface area contributed by atoms with Crippen molar-refractivity contribution < 1.29 is 19.1 Å². The van der Waals surface area contributed by atoms with Gasteiger partial charge in [0.15, 0.2) is 0 Å². The number of nitrogens with zero attached hydrogens (tertiary/aromatic N) is 1. The Kier molecular flexibility index (Phi) is 8.04. The molecule has 0 atom stereocenters. The predicted octanol–water partition coefficient (Wildman–Crippen LogP) is 1.69. The molecule has 1 amide bonds. The number of esters is 1. The Hall–Kier alpha value is -1.95. The lowest BCUT2D eigenvalue weighted by Gasteiger charge is -2.07. The SMILES string of the molecule is CCCCCOCC(=O)NCc1ccnc(C(=O)OC)c1. The molecule has 0 saturated heterocycles. The van der Waals surface area contributed by atoms with Gasteiger partial charge >= 0.3 is 5.97 Å². The molecule has 0 aliphatic carbocycles. The van der Waals surface area contributed by atoms with Crippen LogP contribution in [-0.2, 0) is 20.8 Å². The maximum absolute atomic E-state index is 11.6. The molecular weight excluding hydrogens is 272 g/mol. The largest absolute Gasteiger partial charge is 0.464 e. The summed E-state index contributed by atoms with van der Waals surface area (Å²) < 4.78 is 9.86. The van der Waals surface area contributed by atoms with Gasteiger partial charge in [0.2, 0.25) is 5.91 Å². The number of carbonyl (C=O) groups is 2. The van der Waals surface area contributed by atoms with Gasteiger partial charge in [-0.15, -0.1) is 0 Å². The lowest BCUT2D eigenvalue weighted by Crippen LogP contribution is -2.27. The highest BCUT2D eigenvalue weighted by Crippen LogP contribution is 2.03. The number of rotatable bonds is 9. The van der Waals surface area contributed by atoms with Gasteiger partial charge < -0.3 is 14.8 Å². The molecule has 1 heterocycles. The molecule has 21 heavy (non-hydrogen) atoms. The fourth-order valence-corrected chi connectivity index (χ4v) is 1.67. The Bertz CT molecular complexity index is 463. The molecule has 1 N–H and O–H groups in total. The highest BCUT2D eigenvalue weighted by Gasteiger charge is 2.08. The summed E-state index contributed by atoms with van der Waals surface area (Å²) in [6.07, 6.45) is 4.71. The predicted molar refractivity (Wildman–Crippen MR) is 77.8 cm³/mol. The zero-order valence-corrected chi connectivity index (χ0v) is 12.6. The number of carbonyl (C=O) groups excluding carboxylic acids is 2. The maximum Gasteiger partial charge on any atom is 0.356 e. The second-order valence-electron chi connectivity index (χ2n) is 4.58. The average molecular weight is 294 g/mol. The highest BCUT2D eigenvalue weighted by atomic mass is 16.5. The van der Waals surface area contributed by atoms with E-state index in [1.54, 1.807) is 12.1 Å². The summed E-state index contributed by atoms with van der Waals surface area (Å²) in [6, 6.07) is 3.32. The summed E-state index contributed by atoms with van der Waals surface area (Å²) in [5.41, 5.74) is 1.00. The van der Waals surface area contributed by atoms with Gasteiger partial charge in [0.1, 0.15) is 12.3 Å². The molecule has 1 aromatic heterocycles. The summed E-state index contributed by atoms with van der Waals surface area (Å²) in [5, 5.41) is 2.73. The number of hydrogen-bond acceptors (Lipinski definition) is 5. The van der Waals surface area contributed by atoms with E-state index < -0.39 is 5.97 Å². The second-order valence-corrected chi connectivity index (χ2v) is 4.58. The first kappa shape index (κ1) is 17.1. The molecule has 1 rings (SSSR count). The van der Waals surface area contributed by atoms with Crippen molar-refractivity contribution >= 4 is 11.9 Å². The molecule has 0 radical (unpaired) electrons. The van der Waals surface area contributed by atoms with Crippen LogP contribution in [0.15, 0.2) is 18.3 Å². The van der Waals surface area contributed by atoms with Crippen molar-refractivity contribution in [1.29, 1.82) is 0 Å². The molecule has 0 bridgehead atoms. The van der Waals surface area contributed by atoms with E-state index in [9.17, 15) is 9.59 Å². The van der Waals surface area contributed by atoms with Gasteiger partial charge in [-0.2, -0.15) is 0 Å². The summed E-state index contributed by atoms with van der Waals surface area (Å²) in [7, 11) is 1.30. The minimum atomic E-state index is -0.498. The molecule has 116 valence electrons. The molecule has 0 aliphatic heterocycles. The third kappa shape index (κ3) is 6.85. The van der Waals surface area contributed by atoms with Crippen LogP contribution in [0.3, 0.4) is 0 Å². The van der Waals surface area contributed by atoms with Crippen molar-refractivity contribution in [3.05, 3.63) is 29.6 Å². The lowest BCUT2D eigenvalue weighted by molar-refractivity contribution is -0.125. The van der Waals surface area contributed by atoms with Gasteiger partial charge in [0.05, 0.1) is 7.11 Å². The first-order valence-corrected chi connectivity index (χ1v) is 7.05. The van der Waals surface area contributed by atoms with Crippen molar-refractivity contribution in [3.63, 3.8) is 0 Å². The fraction of sp³-hybridized carbons (Fsp3) is 0.533.